The monoisotopic (exact) mass is 315 g/mol. The largest absolute Gasteiger partial charge is 0.312 e. The number of benzene rings is 1. The molecule has 0 unspecified atom stereocenters. The summed E-state index contributed by atoms with van der Waals surface area (Å²) in [5, 5.41) is 9.30. The van der Waals surface area contributed by atoms with Crippen LogP contribution in [-0.2, 0) is 7.05 Å². The van der Waals surface area contributed by atoms with Crippen LogP contribution >= 0.6 is 11.8 Å². The maximum atomic E-state index is 4.13. The van der Waals surface area contributed by atoms with E-state index in [0.29, 0.717) is 5.25 Å². The molecule has 1 aromatic heterocycles. The fourth-order valence-corrected chi connectivity index (χ4v) is 3.16. The van der Waals surface area contributed by atoms with Gasteiger partial charge in [0.25, 0.3) is 0 Å². The van der Waals surface area contributed by atoms with Crippen molar-refractivity contribution in [2.75, 3.05) is 0 Å². The maximum Gasteiger partial charge on any atom is 0.191 e. The molecular weight excluding hydrogens is 294 g/mol. The molecule has 0 saturated carbocycles. The maximum absolute atomic E-state index is 4.13. The first-order valence-electron chi connectivity index (χ1n) is 6.99. The first kappa shape index (κ1) is 15.9. The van der Waals surface area contributed by atoms with Gasteiger partial charge in [-0.25, -0.2) is 0 Å². The van der Waals surface area contributed by atoms with Crippen molar-refractivity contribution in [1.29, 1.82) is 0 Å². The fraction of sp³-hybridized carbons (Fsp3) is 0.375. The summed E-state index contributed by atoms with van der Waals surface area (Å²) >= 11 is 1.71. The fourth-order valence-electron chi connectivity index (χ4n) is 1.73. The Balaban J connectivity index is 2.16. The highest BCUT2D eigenvalue weighted by Gasteiger charge is 2.12. The van der Waals surface area contributed by atoms with Gasteiger partial charge in [-0.3, -0.25) is 0 Å². The minimum absolute atomic E-state index is 0.321. The Morgan fingerprint density at radius 2 is 2.05 bits per heavy atom. The molecule has 1 heterocycles. The van der Waals surface area contributed by atoms with Gasteiger partial charge in [0, 0.05) is 17.9 Å². The predicted molar refractivity (Wildman–Crippen MR) is 91.9 cm³/mol. The zero-order valence-corrected chi connectivity index (χ0v) is 15.0. The normalized spacial score (nSPS) is 12.6. The van der Waals surface area contributed by atoms with Gasteiger partial charge >= 0.3 is 0 Å². The second kappa shape index (κ2) is 6.50. The Kier molecular flexibility index (Phi) is 4.91. The zero-order chi connectivity index (χ0) is 15.5. The molecule has 0 saturated heterocycles. The van der Waals surface area contributed by atoms with Gasteiger partial charge < -0.3 is 4.57 Å². The number of hydrogen-bond acceptors (Lipinski definition) is 3. The Bertz CT molecular complexity index is 677. The van der Waals surface area contributed by atoms with E-state index in [1.807, 2.05) is 11.6 Å². The molecular formula is C16H21N3SSi. The van der Waals surface area contributed by atoms with Crippen LogP contribution in [0, 0.1) is 11.5 Å². The van der Waals surface area contributed by atoms with Crippen molar-refractivity contribution in [2.45, 2.75) is 37.0 Å². The van der Waals surface area contributed by atoms with Gasteiger partial charge in [-0.15, -0.1) is 15.7 Å². The Hall–Kier alpha value is -1.51. The Morgan fingerprint density at radius 1 is 1.29 bits per heavy atom. The standard InChI is InChI=1S/C16H21N3SSi/c1-13(20-16-18-17-12-19(16)2)15-8-6-7-14(11-15)9-10-21(3,4)5/h6-8,11-13H,1-5H3/t13-/m0/s1. The molecule has 21 heavy (non-hydrogen) atoms. The number of nitrogens with zero attached hydrogens (tertiary/aromatic N) is 3. The summed E-state index contributed by atoms with van der Waals surface area (Å²) in [6.07, 6.45) is 1.73. The second-order valence-electron chi connectivity index (χ2n) is 6.11. The molecule has 1 atom stereocenters. The number of rotatable bonds is 3. The summed E-state index contributed by atoms with van der Waals surface area (Å²) in [6.45, 7) is 8.97. The van der Waals surface area contributed by atoms with Crippen LogP contribution in [0.4, 0.5) is 0 Å². The summed E-state index contributed by atoms with van der Waals surface area (Å²) in [5.41, 5.74) is 5.78. The second-order valence-corrected chi connectivity index (χ2v) is 12.2. The molecule has 0 fully saturated rings. The Labute approximate surface area is 132 Å². The highest BCUT2D eigenvalue weighted by atomic mass is 32.2. The van der Waals surface area contributed by atoms with Crippen molar-refractivity contribution < 1.29 is 0 Å². The first-order valence-corrected chi connectivity index (χ1v) is 11.4. The summed E-state index contributed by atoms with van der Waals surface area (Å²) in [5.74, 6) is 3.32. The number of thioether (sulfide) groups is 1. The quantitative estimate of drug-likeness (QED) is 0.489. The van der Waals surface area contributed by atoms with Crippen LogP contribution in [-0.4, -0.2) is 22.8 Å². The summed E-state index contributed by atoms with van der Waals surface area (Å²) in [6, 6.07) is 8.49. The molecule has 0 radical (unpaired) electrons. The molecule has 2 rings (SSSR count). The lowest BCUT2D eigenvalue weighted by atomic mass is 10.1. The summed E-state index contributed by atoms with van der Waals surface area (Å²) < 4.78 is 1.94. The van der Waals surface area contributed by atoms with E-state index in [9.17, 15) is 0 Å². The summed E-state index contributed by atoms with van der Waals surface area (Å²) in [7, 11) is 0.631. The van der Waals surface area contributed by atoms with E-state index in [1.165, 1.54) is 5.56 Å². The third-order valence-electron chi connectivity index (χ3n) is 2.89. The molecule has 0 N–H and O–H groups in total. The SMILES string of the molecule is C[C@H](Sc1nncn1C)c1cccc(C#C[Si](C)(C)C)c1. The molecule has 1 aromatic carbocycles. The molecule has 0 aliphatic carbocycles. The molecule has 3 nitrogen and oxygen atoms in total. The average molecular weight is 316 g/mol. The molecule has 0 amide bonds. The third-order valence-corrected chi connectivity index (χ3v) is 4.97. The first-order chi connectivity index (χ1) is 9.85. The molecule has 0 aliphatic rings. The van der Waals surface area contributed by atoms with Crippen molar-refractivity contribution in [2.24, 2.45) is 7.05 Å². The average Bonchev–Trinajstić information content (AvgIpc) is 2.81. The van der Waals surface area contributed by atoms with Crippen LogP contribution in [0.5, 0.6) is 0 Å². The van der Waals surface area contributed by atoms with E-state index < -0.39 is 8.07 Å². The van der Waals surface area contributed by atoms with Gasteiger partial charge in [-0.05, 0) is 24.6 Å². The van der Waals surface area contributed by atoms with E-state index in [-0.39, 0.29) is 0 Å². The van der Waals surface area contributed by atoms with Crippen molar-refractivity contribution in [1.82, 2.24) is 14.8 Å². The van der Waals surface area contributed by atoms with Crippen LogP contribution in [0.1, 0.15) is 23.3 Å². The lowest BCUT2D eigenvalue weighted by Crippen LogP contribution is -2.16. The van der Waals surface area contributed by atoms with Crippen LogP contribution in [0.15, 0.2) is 35.7 Å². The predicted octanol–water partition coefficient (Wildman–Crippen LogP) is 3.90. The number of aromatic nitrogens is 3. The van der Waals surface area contributed by atoms with Crippen LogP contribution < -0.4 is 0 Å². The van der Waals surface area contributed by atoms with Crippen LogP contribution in [0.2, 0.25) is 19.6 Å². The van der Waals surface area contributed by atoms with Gasteiger partial charge in [-0.1, -0.05) is 49.5 Å². The van der Waals surface area contributed by atoms with Crippen LogP contribution in [0.25, 0.3) is 0 Å². The highest BCUT2D eigenvalue weighted by molar-refractivity contribution is 7.99. The summed E-state index contributed by atoms with van der Waals surface area (Å²) in [4.78, 5) is 0. The molecule has 110 valence electrons. The topological polar surface area (TPSA) is 30.7 Å². The lowest BCUT2D eigenvalue weighted by molar-refractivity contribution is 0.785. The molecule has 0 aliphatic heterocycles. The van der Waals surface area contributed by atoms with E-state index in [2.05, 4.69) is 72.5 Å². The molecule has 5 heteroatoms. The molecule has 0 bridgehead atoms. The van der Waals surface area contributed by atoms with E-state index in [1.54, 1.807) is 18.1 Å². The van der Waals surface area contributed by atoms with Crippen molar-refractivity contribution in [3.8, 4) is 11.5 Å². The van der Waals surface area contributed by atoms with E-state index in [0.717, 1.165) is 10.7 Å². The van der Waals surface area contributed by atoms with Crippen molar-refractivity contribution in [3.63, 3.8) is 0 Å². The smallest absolute Gasteiger partial charge is 0.191 e. The van der Waals surface area contributed by atoms with E-state index >= 15 is 0 Å². The number of hydrogen-bond donors (Lipinski definition) is 0. The van der Waals surface area contributed by atoms with Gasteiger partial charge in [-0.2, -0.15) is 0 Å². The highest BCUT2D eigenvalue weighted by Crippen LogP contribution is 2.33. The van der Waals surface area contributed by atoms with Crippen molar-refractivity contribution in [3.05, 3.63) is 41.7 Å². The van der Waals surface area contributed by atoms with Gasteiger partial charge in [0.2, 0.25) is 0 Å². The van der Waals surface area contributed by atoms with Crippen LogP contribution in [0.3, 0.4) is 0 Å². The van der Waals surface area contributed by atoms with E-state index in [4.69, 9.17) is 0 Å². The Morgan fingerprint density at radius 3 is 2.67 bits per heavy atom. The van der Waals surface area contributed by atoms with Gasteiger partial charge in [0.05, 0.1) is 0 Å². The van der Waals surface area contributed by atoms with Gasteiger partial charge in [0.15, 0.2) is 5.16 Å². The molecule has 2 aromatic rings. The third kappa shape index (κ3) is 4.76. The number of aryl methyl sites for hydroxylation is 1. The minimum atomic E-state index is -1.33. The minimum Gasteiger partial charge on any atom is -0.312 e. The van der Waals surface area contributed by atoms with Crippen molar-refractivity contribution >= 4 is 19.8 Å². The van der Waals surface area contributed by atoms with Gasteiger partial charge in [0.1, 0.15) is 14.4 Å². The lowest BCUT2D eigenvalue weighted by Gasteiger charge is -2.11. The molecule has 0 spiro atoms. The zero-order valence-electron chi connectivity index (χ0n) is 13.2.